The maximum absolute atomic E-state index is 12.9. The number of benzene rings is 1. The van der Waals surface area contributed by atoms with Gasteiger partial charge in [-0.15, -0.1) is 0 Å². The second-order valence-electron chi connectivity index (χ2n) is 5.28. The molecule has 104 valence electrons. The van der Waals surface area contributed by atoms with Gasteiger partial charge in [-0.3, -0.25) is 4.79 Å². The van der Waals surface area contributed by atoms with Crippen molar-refractivity contribution in [2.75, 3.05) is 13.1 Å². The summed E-state index contributed by atoms with van der Waals surface area (Å²) >= 11 is 0. The van der Waals surface area contributed by atoms with E-state index in [1.165, 1.54) is 12.1 Å². The van der Waals surface area contributed by atoms with Crippen molar-refractivity contribution in [2.45, 2.75) is 38.8 Å². The van der Waals surface area contributed by atoms with Gasteiger partial charge in [0, 0.05) is 31.6 Å². The van der Waals surface area contributed by atoms with E-state index in [1.807, 2.05) is 4.90 Å². The van der Waals surface area contributed by atoms with Gasteiger partial charge in [-0.05, 0) is 38.0 Å². The third kappa shape index (κ3) is 3.77. The Hall–Kier alpha value is -1.42. The van der Waals surface area contributed by atoms with Crippen LogP contribution in [0, 0.1) is 5.82 Å². The number of halogens is 1. The van der Waals surface area contributed by atoms with Gasteiger partial charge in [-0.25, -0.2) is 4.39 Å². The summed E-state index contributed by atoms with van der Waals surface area (Å²) in [6, 6.07) is 6.90. The van der Waals surface area contributed by atoms with Crippen LogP contribution in [0.5, 0.6) is 0 Å². The zero-order valence-electron chi connectivity index (χ0n) is 11.5. The lowest BCUT2D eigenvalue weighted by Gasteiger charge is -2.25. The Bertz CT molecular complexity index is 432. The normalized spacial score (nSPS) is 18.7. The van der Waals surface area contributed by atoms with Crippen molar-refractivity contribution in [1.29, 1.82) is 0 Å². The topological polar surface area (TPSA) is 32.3 Å². The molecule has 4 heteroatoms. The molecule has 1 N–H and O–H groups in total. The maximum Gasteiger partial charge on any atom is 0.222 e. The highest BCUT2D eigenvalue weighted by Crippen LogP contribution is 2.15. The van der Waals surface area contributed by atoms with Gasteiger partial charge in [-0.1, -0.05) is 12.1 Å². The van der Waals surface area contributed by atoms with Crippen LogP contribution in [-0.2, 0) is 4.79 Å². The van der Waals surface area contributed by atoms with Crippen LogP contribution in [-0.4, -0.2) is 29.9 Å². The number of hydrogen-bond acceptors (Lipinski definition) is 2. The number of nitrogens with one attached hydrogen (secondary N) is 1. The van der Waals surface area contributed by atoms with Crippen LogP contribution in [0.1, 0.15) is 38.3 Å². The van der Waals surface area contributed by atoms with Crippen molar-refractivity contribution in [2.24, 2.45) is 0 Å². The second-order valence-corrected chi connectivity index (χ2v) is 5.28. The average Bonchev–Trinajstić information content (AvgIpc) is 2.75. The molecule has 1 amide bonds. The first-order valence-corrected chi connectivity index (χ1v) is 6.85. The van der Waals surface area contributed by atoms with Gasteiger partial charge < -0.3 is 10.2 Å². The predicted octanol–water partition coefficient (Wildman–Crippen LogP) is 2.49. The number of amides is 1. The minimum atomic E-state index is -0.216. The van der Waals surface area contributed by atoms with Crippen LogP contribution >= 0.6 is 0 Å². The summed E-state index contributed by atoms with van der Waals surface area (Å²) in [4.78, 5) is 13.5. The Morgan fingerprint density at radius 3 is 2.58 bits per heavy atom. The van der Waals surface area contributed by atoms with E-state index in [0.29, 0.717) is 6.42 Å². The van der Waals surface area contributed by atoms with E-state index in [9.17, 15) is 9.18 Å². The van der Waals surface area contributed by atoms with Crippen molar-refractivity contribution in [3.8, 4) is 0 Å². The molecule has 1 aromatic rings. The van der Waals surface area contributed by atoms with Crippen molar-refractivity contribution >= 4 is 5.91 Å². The highest BCUT2D eigenvalue weighted by atomic mass is 19.1. The Labute approximate surface area is 113 Å². The summed E-state index contributed by atoms with van der Waals surface area (Å²) in [5, 5.41) is 3.45. The third-order valence-corrected chi connectivity index (χ3v) is 3.57. The quantitative estimate of drug-likeness (QED) is 0.886. The standard InChI is InChI=1S/C15H21FN2O/c1-11(10-18-9-3-4-15(18)19)17-12(2)13-5-7-14(16)8-6-13/h5-8,11-12,17H,3-4,9-10H2,1-2H3. The zero-order valence-corrected chi connectivity index (χ0v) is 11.5. The number of likely N-dealkylation sites (tertiary alicyclic amines) is 1. The number of nitrogens with zero attached hydrogens (tertiary/aromatic N) is 1. The van der Waals surface area contributed by atoms with Gasteiger partial charge in [0.1, 0.15) is 5.82 Å². The molecular formula is C15H21FN2O. The molecule has 0 aromatic heterocycles. The highest BCUT2D eigenvalue weighted by Gasteiger charge is 2.22. The van der Waals surface area contributed by atoms with Crippen molar-refractivity contribution in [3.05, 3.63) is 35.6 Å². The molecule has 2 unspecified atom stereocenters. The van der Waals surface area contributed by atoms with E-state index < -0.39 is 0 Å². The molecule has 1 aliphatic rings. The number of carbonyl (C=O) groups excluding carboxylic acids is 1. The van der Waals surface area contributed by atoms with E-state index in [-0.39, 0.29) is 23.8 Å². The Kier molecular flexibility index (Phi) is 4.53. The maximum atomic E-state index is 12.9. The molecule has 0 radical (unpaired) electrons. The molecule has 1 fully saturated rings. The van der Waals surface area contributed by atoms with E-state index in [1.54, 1.807) is 12.1 Å². The first-order chi connectivity index (χ1) is 9.06. The fourth-order valence-electron chi connectivity index (χ4n) is 2.55. The molecule has 2 rings (SSSR count). The summed E-state index contributed by atoms with van der Waals surface area (Å²) in [5.74, 6) is 0.0368. The molecule has 0 bridgehead atoms. The number of rotatable bonds is 5. The second kappa shape index (κ2) is 6.15. The van der Waals surface area contributed by atoms with Crippen LogP contribution in [0.15, 0.2) is 24.3 Å². The molecule has 1 heterocycles. The largest absolute Gasteiger partial charge is 0.341 e. The molecule has 1 aliphatic heterocycles. The molecule has 19 heavy (non-hydrogen) atoms. The molecule has 0 spiro atoms. The fraction of sp³-hybridized carbons (Fsp3) is 0.533. The monoisotopic (exact) mass is 264 g/mol. The lowest BCUT2D eigenvalue weighted by atomic mass is 10.1. The van der Waals surface area contributed by atoms with Crippen LogP contribution < -0.4 is 5.32 Å². The van der Waals surface area contributed by atoms with Gasteiger partial charge >= 0.3 is 0 Å². The van der Waals surface area contributed by atoms with Crippen LogP contribution in [0.2, 0.25) is 0 Å². The minimum Gasteiger partial charge on any atom is -0.341 e. The summed E-state index contributed by atoms with van der Waals surface area (Å²) < 4.78 is 12.9. The zero-order chi connectivity index (χ0) is 13.8. The highest BCUT2D eigenvalue weighted by molar-refractivity contribution is 5.78. The lowest BCUT2D eigenvalue weighted by molar-refractivity contribution is -0.127. The summed E-state index contributed by atoms with van der Waals surface area (Å²) in [7, 11) is 0. The summed E-state index contributed by atoms with van der Waals surface area (Å²) in [5.41, 5.74) is 1.06. The Morgan fingerprint density at radius 2 is 2.00 bits per heavy atom. The van der Waals surface area contributed by atoms with Crippen molar-refractivity contribution < 1.29 is 9.18 Å². The van der Waals surface area contributed by atoms with Crippen LogP contribution in [0.4, 0.5) is 4.39 Å². The summed E-state index contributed by atoms with van der Waals surface area (Å²) in [6.45, 7) is 5.74. The smallest absolute Gasteiger partial charge is 0.222 e. The number of carbonyl (C=O) groups is 1. The molecule has 0 aliphatic carbocycles. The minimum absolute atomic E-state index is 0.147. The lowest BCUT2D eigenvalue weighted by Crippen LogP contribution is -2.40. The molecule has 2 atom stereocenters. The van der Waals surface area contributed by atoms with E-state index in [0.717, 1.165) is 25.1 Å². The van der Waals surface area contributed by atoms with Crippen LogP contribution in [0.3, 0.4) is 0 Å². The average molecular weight is 264 g/mol. The van der Waals surface area contributed by atoms with Gasteiger partial charge in [0.25, 0.3) is 0 Å². The van der Waals surface area contributed by atoms with Crippen molar-refractivity contribution in [3.63, 3.8) is 0 Å². The Morgan fingerprint density at radius 1 is 1.32 bits per heavy atom. The molecule has 1 saturated heterocycles. The Balaban J connectivity index is 1.85. The van der Waals surface area contributed by atoms with Crippen molar-refractivity contribution in [1.82, 2.24) is 10.2 Å². The van der Waals surface area contributed by atoms with E-state index in [2.05, 4.69) is 19.2 Å². The molecule has 3 nitrogen and oxygen atoms in total. The SMILES string of the molecule is CC(CN1CCCC1=O)NC(C)c1ccc(F)cc1. The first-order valence-electron chi connectivity index (χ1n) is 6.85. The van der Waals surface area contributed by atoms with Gasteiger partial charge in [-0.2, -0.15) is 0 Å². The predicted molar refractivity (Wildman–Crippen MR) is 73.2 cm³/mol. The third-order valence-electron chi connectivity index (χ3n) is 3.57. The van der Waals surface area contributed by atoms with E-state index >= 15 is 0 Å². The first kappa shape index (κ1) is 14.0. The molecular weight excluding hydrogens is 243 g/mol. The molecule has 1 aromatic carbocycles. The molecule has 0 saturated carbocycles. The number of hydrogen-bond donors (Lipinski definition) is 1. The fourth-order valence-corrected chi connectivity index (χ4v) is 2.55. The summed E-state index contributed by atoms with van der Waals surface area (Å²) in [6.07, 6.45) is 1.65. The van der Waals surface area contributed by atoms with E-state index in [4.69, 9.17) is 0 Å². The van der Waals surface area contributed by atoms with Gasteiger partial charge in [0.15, 0.2) is 0 Å². The van der Waals surface area contributed by atoms with Gasteiger partial charge in [0.2, 0.25) is 5.91 Å². The van der Waals surface area contributed by atoms with Gasteiger partial charge in [0.05, 0.1) is 0 Å². The van der Waals surface area contributed by atoms with Crippen LogP contribution in [0.25, 0.3) is 0 Å².